The number of carboxylic acid groups (broad SMARTS) is 1. The van der Waals surface area contributed by atoms with Crippen molar-refractivity contribution in [2.75, 3.05) is 13.2 Å². The molecule has 1 fully saturated rings. The molecule has 6 heteroatoms. The maximum absolute atomic E-state index is 12.3. The first kappa shape index (κ1) is 16.4. The second-order valence-corrected chi connectivity index (χ2v) is 6.10. The minimum Gasteiger partial charge on any atom is -0.478 e. The largest absolute Gasteiger partial charge is 0.478 e. The Morgan fingerprint density at radius 1 is 1.21 bits per heavy atom. The van der Waals surface area contributed by atoms with Crippen LogP contribution >= 0.6 is 0 Å². The summed E-state index contributed by atoms with van der Waals surface area (Å²) in [5.41, 5.74) is -0.0537. The number of aromatic carboxylic acids is 1. The van der Waals surface area contributed by atoms with Crippen molar-refractivity contribution in [3.05, 3.63) is 47.5 Å². The van der Waals surface area contributed by atoms with Crippen LogP contribution in [0.1, 0.15) is 34.6 Å². The van der Waals surface area contributed by atoms with Gasteiger partial charge < -0.3 is 19.3 Å². The summed E-state index contributed by atoms with van der Waals surface area (Å²) in [5, 5.41) is 10.9. The van der Waals surface area contributed by atoms with E-state index in [1.165, 1.54) is 12.1 Å². The Bertz CT molecular complexity index is 795. The molecule has 1 aliphatic heterocycles. The number of rotatable bonds is 4. The van der Waals surface area contributed by atoms with Gasteiger partial charge in [-0.05, 0) is 36.8 Å². The molecule has 0 aromatic heterocycles. The summed E-state index contributed by atoms with van der Waals surface area (Å²) in [6.07, 6.45) is -0.363. The van der Waals surface area contributed by atoms with E-state index in [0.717, 1.165) is 10.8 Å². The van der Waals surface area contributed by atoms with E-state index < -0.39 is 17.7 Å². The van der Waals surface area contributed by atoms with E-state index in [1.54, 1.807) is 19.9 Å². The predicted molar refractivity (Wildman–Crippen MR) is 86.1 cm³/mol. The molecular weight excluding hydrogens is 312 g/mol. The first-order valence-electron chi connectivity index (χ1n) is 7.61. The van der Waals surface area contributed by atoms with Crippen LogP contribution < -0.4 is 0 Å². The number of carbonyl (C=O) groups excluding carboxylic acids is 1. The zero-order chi connectivity index (χ0) is 17.3. The number of fused-ring (bicyclic) bond motifs is 1. The molecule has 3 rings (SSSR count). The van der Waals surface area contributed by atoms with Gasteiger partial charge in [-0.3, -0.25) is 0 Å². The second kappa shape index (κ2) is 6.22. The smallest absolute Gasteiger partial charge is 0.339 e. The predicted octanol–water partition coefficient (Wildman–Crippen LogP) is 2.85. The minimum atomic E-state index is -1.17. The van der Waals surface area contributed by atoms with Gasteiger partial charge in [0.05, 0.1) is 17.7 Å². The lowest BCUT2D eigenvalue weighted by atomic mass is 10.0. The molecule has 126 valence electrons. The zero-order valence-electron chi connectivity index (χ0n) is 13.4. The summed E-state index contributed by atoms with van der Waals surface area (Å²) >= 11 is 0. The Hall–Kier alpha value is -2.44. The van der Waals surface area contributed by atoms with E-state index in [0.29, 0.717) is 6.61 Å². The van der Waals surface area contributed by atoms with Crippen LogP contribution in [0.3, 0.4) is 0 Å². The standard InChI is InChI=1S/C18H18O6/c1-18(2)23-10-13(24-18)9-22-17(21)15-8-12-6-4-3-5-11(12)7-14(15)16(19)20/h3-8,13H,9-10H2,1-2H3,(H,19,20). The number of benzene rings is 2. The van der Waals surface area contributed by atoms with Gasteiger partial charge in [0.25, 0.3) is 0 Å². The van der Waals surface area contributed by atoms with Crippen LogP contribution in [0.25, 0.3) is 10.8 Å². The van der Waals surface area contributed by atoms with Crippen molar-refractivity contribution in [1.29, 1.82) is 0 Å². The van der Waals surface area contributed by atoms with Crippen LogP contribution in [-0.4, -0.2) is 42.1 Å². The van der Waals surface area contributed by atoms with E-state index in [2.05, 4.69) is 0 Å². The molecule has 1 unspecified atom stereocenters. The lowest BCUT2D eigenvalue weighted by Gasteiger charge is -2.17. The first-order chi connectivity index (χ1) is 11.4. The minimum absolute atomic E-state index is 0.00808. The Kier molecular flexibility index (Phi) is 4.26. The topological polar surface area (TPSA) is 82.1 Å². The molecule has 0 amide bonds. The molecule has 1 aliphatic rings. The third kappa shape index (κ3) is 3.39. The number of ether oxygens (including phenoxy) is 3. The van der Waals surface area contributed by atoms with Crippen LogP contribution in [0, 0.1) is 0 Å². The Balaban J connectivity index is 1.81. The molecular formula is C18H18O6. The number of carboxylic acids is 1. The van der Waals surface area contributed by atoms with Crippen molar-refractivity contribution >= 4 is 22.7 Å². The molecule has 0 saturated carbocycles. The van der Waals surface area contributed by atoms with Crippen molar-refractivity contribution in [1.82, 2.24) is 0 Å². The molecule has 0 radical (unpaired) electrons. The van der Waals surface area contributed by atoms with Crippen LogP contribution in [-0.2, 0) is 14.2 Å². The average Bonchev–Trinajstić information content (AvgIpc) is 2.90. The molecule has 0 aliphatic carbocycles. The normalized spacial score (nSPS) is 19.3. The fourth-order valence-electron chi connectivity index (χ4n) is 2.68. The second-order valence-electron chi connectivity index (χ2n) is 6.10. The van der Waals surface area contributed by atoms with E-state index in [1.807, 2.05) is 18.2 Å². The van der Waals surface area contributed by atoms with E-state index in [9.17, 15) is 14.7 Å². The Morgan fingerprint density at radius 3 is 2.38 bits per heavy atom. The van der Waals surface area contributed by atoms with E-state index in [4.69, 9.17) is 14.2 Å². The van der Waals surface area contributed by atoms with Gasteiger partial charge in [0.2, 0.25) is 0 Å². The molecule has 1 atom stereocenters. The third-order valence-corrected chi connectivity index (χ3v) is 3.80. The van der Waals surface area contributed by atoms with Crippen molar-refractivity contribution in [3.63, 3.8) is 0 Å². The average molecular weight is 330 g/mol. The lowest BCUT2D eigenvalue weighted by molar-refractivity contribution is -0.142. The number of carbonyl (C=O) groups is 2. The van der Waals surface area contributed by atoms with Crippen molar-refractivity contribution in [2.24, 2.45) is 0 Å². The number of hydrogen-bond donors (Lipinski definition) is 1. The summed E-state index contributed by atoms with van der Waals surface area (Å²) in [4.78, 5) is 23.8. The van der Waals surface area contributed by atoms with Crippen LogP contribution in [0.4, 0.5) is 0 Å². The highest BCUT2D eigenvalue weighted by molar-refractivity contribution is 6.06. The Morgan fingerprint density at radius 2 is 1.83 bits per heavy atom. The quantitative estimate of drug-likeness (QED) is 0.868. The highest BCUT2D eigenvalue weighted by Gasteiger charge is 2.33. The summed E-state index contributed by atoms with van der Waals surface area (Å²) in [7, 11) is 0. The van der Waals surface area contributed by atoms with Gasteiger partial charge >= 0.3 is 11.9 Å². The van der Waals surface area contributed by atoms with Crippen molar-refractivity contribution < 1.29 is 28.9 Å². The fourth-order valence-corrected chi connectivity index (χ4v) is 2.68. The van der Waals surface area contributed by atoms with Crippen LogP contribution in [0.15, 0.2) is 36.4 Å². The number of hydrogen-bond acceptors (Lipinski definition) is 5. The highest BCUT2D eigenvalue weighted by Crippen LogP contribution is 2.24. The highest BCUT2D eigenvalue weighted by atomic mass is 16.7. The van der Waals surface area contributed by atoms with Crippen LogP contribution in [0.2, 0.25) is 0 Å². The molecule has 0 spiro atoms. The maximum Gasteiger partial charge on any atom is 0.339 e. The number of esters is 1. The SMILES string of the molecule is CC1(C)OCC(COC(=O)c2cc3ccccc3cc2C(=O)O)O1. The van der Waals surface area contributed by atoms with Crippen LogP contribution in [0.5, 0.6) is 0 Å². The van der Waals surface area contributed by atoms with Crippen molar-refractivity contribution in [2.45, 2.75) is 25.7 Å². The fraction of sp³-hybridized carbons (Fsp3) is 0.333. The zero-order valence-corrected chi connectivity index (χ0v) is 13.4. The maximum atomic E-state index is 12.3. The van der Waals surface area contributed by atoms with Gasteiger partial charge in [0.15, 0.2) is 5.79 Å². The molecule has 2 aromatic carbocycles. The van der Waals surface area contributed by atoms with Gasteiger partial charge in [-0.15, -0.1) is 0 Å². The lowest BCUT2D eigenvalue weighted by Crippen LogP contribution is -2.25. The van der Waals surface area contributed by atoms with Gasteiger partial charge in [-0.1, -0.05) is 24.3 Å². The van der Waals surface area contributed by atoms with Gasteiger partial charge in [0, 0.05) is 0 Å². The molecule has 1 heterocycles. The third-order valence-electron chi connectivity index (χ3n) is 3.80. The van der Waals surface area contributed by atoms with E-state index in [-0.39, 0.29) is 23.8 Å². The summed E-state index contributed by atoms with van der Waals surface area (Å²) in [5.74, 6) is -2.56. The molecule has 1 N–H and O–H groups in total. The van der Waals surface area contributed by atoms with Gasteiger partial charge in [-0.2, -0.15) is 0 Å². The molecule has 0 bridgehead atoms. The van der Waals surface area contributed by atoms with Gasteiger partial charge in [0.1, 0.15) is 12.7 Å². The van der Waals surface area contributed by atoms with Crippen molar-refractivity contribution in [3.8, 4) is 0 Å². The molecule has 6 nitrogen and oxygen atoms in total. The summed E-state index contributed by atoms with van der Waals surface area (Å²) < 4.78 is 16.2. The molecule has 2 aromatic rings. The monoisotopic (exact) mass is 330 g/mol. The molecule has 1 saturated heterocycles. The first-order valence-corrected chi connectivity index (χ1v) is 7.61. The molecule has 24 heavy (non-hydrogen) atoms. The summed E-state index contributed by atoms with van der Waals surface area (Å²) in [6.45, 7) is 3.89. The van der Waals surface area contributed by atoms with E-state index >= 15 is 0 Å². The summed E-state index contributed by atoms with van der Waals surface area (Å²) in [6, 6.07) is 10.3. The van der Waals surface area contributed by atoms with Gasteiger partial charge in [-0.25, -0.2) is 9.59 Å². The Labute approximate surface area is 138 Å².